The van der Waals surface area contributed by atoms with Crippen molar-refractivity contribution in [3.8, 4) is 5.75 Å². The van der Waals surface area contributed by atoms with Crippen molar-refractivity contribution < 1.29 is 9.13 Å². The maximum atomic E-state index is 13.0. The van der Waals surface area contributed by atoms with Gasteiger partial charge in [0.15, 0.2) is 0 Å². The number of likely N-dealkylation sites (N-methyl/N-ethyl adjacent to an activating group) is 1. The van der Waals surface area contributed by atoms with Crippen molar-refractivity contribution in [2.45, 2.75) is 19.0 Å². The molecule has 19 heavy (non-hydrogen) atoms. The number of hydrogen-bond donors (Lipinski definition) is 1. The van der Waals surface area contributed by atoms with Gasteiger partial charge in [0.05, 0.1) is 0 Å². The van der Waals surface area contributed by atoms with Crippen molar-refractivity contribution in [2.24, 2.45) is 0 Å². The maximum Gasteiger partial charge on any atom is 0.119 e. The maximum absolute atomic E-state index is 13.0. The molecule has 0 saturated carbocycles. The van der Waals surface area contributed by atoms with E-state index in [1.54, 1.807) is 0 Å². The second-order valence-electron chi connectivity index (χ2n) is 5.04. The predicted octanol–water partition coefficient (Wildman–Crippen LogP) is 1.87. The highest BCUT2D eigenvalue weighted by Gasteiger charge is 2.20. The minimum absolute atomic E-state index is 0.561. The molecule has 2 rings (SSSR count). The minimum atomic E-state index is -0.648. The molecule has 0 aromatic heterocycles. The third-order valence-corrected chi connectivity index (χ3v) is 3.45. The third-order valence-electron chi connectivity index (χ3n) is 3.45. The Balaban J connectivity index is 1.73. The lowest BCUT2D eigenvalue weighted by molar-refractivity contribution is 0.224. The van der Waals surface area contributed by atoms with Gasteiger partial charge in [0.2, 0.25) is 0 Å². The Bertz CT molecular complexity index is 386. The van der Waals surface area contributed by atoms with Crippen LogP contribution in [0.2, 0.25) is 0 Å². The molecule has 1 aromatic rings. The monoisotopic (exact) mass is 266 g/mol. The summed E-state index contributed by atoms with van der Waals surface area (Å²) in [6.07, 6.45) is 1.02. The topological polar surface area (TPSA) is 24.5 Å². The smallest absolute Gasteiger partial charge is 0.119 e. The van der Waals surface area contributed by atoms with Crippen LogP contribution in [0.5, 0.6) is 5.75 Å². The van der Waals surface area contributed by atoms with Crippen molar-refractivity contribution in [1.29, 1.82) is 0 Å². The number of rotatable bonds is 7. The highest BCUT2D eigenvalue weighted by atomic mass is 19.1. The fourth-order valence-electron chi connectivity index (χ4n) is 2.34. The number of nitrogens with zero attached hydrogens (tertiary/aromatic N) is 1. The zero-order valence-corrected chi connectivity index (χ0v) is 11.6. The van der Waals surface area contributed by atoms with Gasteiger partial charge < -0.3 is 10.1 Å². The first-order valence-electron chi connectivity index (χ1n) is 7.00. The summed E-state index contributed by atoms with van der Waals surface area (Å²) in [4.78, 5) is 2.12. The van der Waals surface area contributed by atoms with Crippen LogP contribution in [0.1, 0.15) is 12.0 Å². The summed E-state index contributed by atoms with van der Waals surface area (Å²) < 4.78 is 18.7. The van der Waals surface area contributed by atoms with E-state index in [0.717, 1.165) is 31.8 Å². The number of nitrogens with one attached hydrogen (secondary N) is 1. The van der Waals surface area contributed by atoms with Gasteiger partial charge in [0, 0.05) is 19.6 Å². The fourth-order valence-corrected chi connectivity index (χ4v) is 2.34. The van der Waals surface area contributed by atoms with E-state index in [4.69, 9.17) is 4.74 Å². The zero-order valence-electron chi connectivity index (χ0n) is 11.6. The Kier molecular flexibility index (Phi) is 5.61. The van der Waals surface area contributed by atoms with Gasteiger partial charge in [-0.15, -0.1) is 0 Å². The molecule has 106 valence electrons. The van der Waals surface area contributed by atoms with E-state index >= 15 is 0 Å². The summed E-state index contributed by atoms with van der Waals surface area (Å²) in [6.45, 7) is 3.82. The lowest BCUT2D eigenvalue weighted by atomic mass is 10.1. The van der Waals surface area contributed by atoms with Gasteiger partial charge >= 0.3 is 0 Å². The molecular weight excluding hydrogens is 243 g/mol. The molecule has 0 bridgehead atoms. The van der Waals surface area contributed by atoms with E-state index in [2.05, 4.69) is 22.3 Å². The molecule has 0 spiro atoms. The highest BCUT2D eigenvalue weighted by molar-refractivity contribution is 5.28. The number of ether oxygens (including phenoxy) is 1. The zero-order chi connectivity index (χ0) is 13.5. The summed E-state index contributed by atoms with van der Waals surface area (Å²) in [5.41, 5.74) is 1.27. The fraction of sp³-hybridized carbons (Fsp3) is 0.600. The minimum Gasteiger partial charge on any atom is -0.492 e. The SMILES string of the molecule is CNCCc1cccc(OCCN2CCC(F)C2)c1. The quantitative estimate of drug-likeness (QED) is 0.815. The van der Waals surface area contributed by atoms with Crippen LogP contribution < -0.4 is 10.1 Å². The molecule has 1 N–H and O–H groups in total. The van der Waals surface area contributed by atoms with Gasteiger partial charge in [-0.25, -0.2) is 4.39 Å². The van der Waals surface area contributed by atoms with E-state index in [0.29, 0.717) is 19.6 Å². The molecule has 1 saturated heterocycles. The predicted molar refractivity (Wildman–Crippen MR) is 75.5 cm³/mol. The van der Waals surface area contributed by atoms with Gasteiger partial charge in [-0.3, -0.25) is 4.90 Å². The highest BCUT2D eigenvalue weighted by Crippen LogP contribution is 2.15. The van der Waals surface area contributed by atoms with Gasteiger partial charge in [0.25, 0.3) is 0 Å². The number of hydrogen-bond acceptors (Lipinski definition) is 3. The van der Waals surface area contributed by atoms with E-state index < -0.39 is 6.17 Å². The Morgan fingerprint density at radius 2 is 2.37 bits per heavy atom. The summed E-state index contributed by atoms with van der Waals surface area (Å²) in [6, 6.07) is 8.19. The normalized spacial score (nSPS) is 19.8. The third kappa shape index (κ3) is 4.80. The van der Waals surface area contributed by atoms with Crippen molar-refractivity contribution in [3.05, 3.63) is 29.8 Å². The first-order chi connectivity index (χ1) is 9.28. The summed E-state index contributed by atoms with van der Waals surface area (Å²) in [7, 11) is 1.95. The molecule has 1 atom stereocenters. The standard InChI is InChI=1S/C15H23FN2O/c1-17-7-5-13-3-2-4-15(11-13)19-10-9-18-8-6-14(16)12-18/h2-4,11,14,17H,5-10,12H2,1H3. The summed E-state index contributed by atoms with van der Waals surface area (Å²) >= 11 is 0. The number of alkyl halides is 1. The van der Waals surface area contributed by atoms with Crippen LogP contribution >= 0.6 is 0 Å². The molecule has 4 heteroatoms. The van der Waals surface area contributed by atoms with E-state index in [1.807, 2.05) is 19.2 Å². The van der Waals surface area contributed by atoms with Crippen molar-refractivity contribution >= 4 is 0 Å². The van der Waals surface area contributed by atoms with Crippen molar-refractivity contribution in [1.82, 2.24) is 10.2 Å². The number of benzene rings is 1. The summed E-state index contributed by atoms with van der Waals surface area (Å²) in [5.74, 6) is 0.907. The van der Waals surface area contributed by atoms with Crippen LogP contribution in [-0.2, 0) is 6.42 Å². The Labute approximate surface area is 114 Å². The van der Waals surface area contributed by atoms with Gasteiger partial charge in [0.1, 0.15) is 18.5 Å². The second-order valence-corrected chi connectivity index (χ2v) is 5.04. The van der Waals surface area contributed by atoms with Crippen LogP contribution in [0.15, 0.2) is 24.3 Å². The first-order valence-corrected chi connectivity index (χ1v) is 7.00. The number of likely N-dealkylation sites (tertiary alicyclic amines) is 1. The summed E-state index contributed by atoms with van der Waals surface area (Å²) in [5, 5.41) is 3.14. The lowest BCUT2D eigenvalue weighted by Gasteiger charge is -2.15. The second kappa shape index (κ2) is 7.46. The van der Waals surface area contributed by atoms with Gasteiger partial charge in [-0.1, -0.05) is 12.1 Å². The molecule has 1 aliphatic rings. The largest absolute Gasteiger partial charge is 0.492 e. The van der Waals surface area contributed by atoms with E-state index in [9.17, 15) is 4.39 Å². The van der Waals surface area contributed by atoms with Crippen LogP contribution in [0.4, 0.5) is 4.39 Å². The van der Waals surface area contributed by atoms with Crippen LogP contribution in [0.3, 0.4) is 0 Å². The van der Waals surface area contributed by atoms with E-state index in [1.165, 1.54) is 5.56 Å². The molecule has 1 aliphatic heterocycles. The Morgan fingerprint density at radius 1 is 1.47 bits per heavy atom. The average Bonchev–Trinajstić information content (AvgIpc) is 2.83. The lowest BCUT2D eigenvalue weighted by Crippen LogP contribution is -2.26. The molecule has 1 heterocycles. The molecule has 0 radical (unpaired) electrons. The van der Waals surface area contributed by atoms with Gasteiger partial charge in [-0.05, 0) is 44.1 Å². The van der Waals surface area contributed by atoms with Crippen LogP contribution in [0, 0.1) is 0 Å². The van der Waals surface area contributed by atoms with E-state index in [-0.39, 0.29) is 0 Å². The molecule has 0 amide bonds. The first kappa shape index (κ1) is 14.3. The van der Waals surface area contributed by atoms with Crippen molar-refractivity contribution in [2.75, 3.05) is 39.8 Å². The molecule has 3 nitrogen and oxygen atoms in total. The molecular formula is C15H23FN2O. The Hall–Kier alpha value is -1.13. The van der Waals surface area contributed by atoms with Crippen LogP contribution in [-0.4, -0.2) is 50.9 Å². The number of halogens is 1. The molecule has 0 aliphatic carbocycles. The molecule has 1 fully saturated rings. The van der Waals surface area contributed by atoms with Crippen LogP contribution in [0.25, 0.3) is 0 Å². The average molecular weight is 266 g/mol. The molecule has 1 aromatic carbocycles. The van der Waals surface area contributed by atoms with Crippen molar-refractivity contribution in [3.63, 3.8) is 0 Å². The Morgan fingerprint density at radius 3 is 3.11 bits per heavy atom. The van der Waals surface area contributed by atoms with Gasteiger partial charge in [-0.2, -0.15) is 0 Å². The molecule has 1 unspecified atom stereocenters.